The minimum Gasteiger partial charge on any atom is -0.377 e. The molecular formula is C12H14F3N3O. The standard InChI is InChI=1S/C12H14F3N3O/c13-12(14,15)10-2-6-17-11(18-10)16-5-1-9-3-7-19-8-4-9/h2-3,6H,1,4-5,7-8H2,(H,16,17,18). The third-order valence-corrected chi connectivity index (χ3v) is 2.73. The molecular weight excluding hydrogens is 259 g/mol. The maximum Gasteiger partial charge on any atom is 0.433 e. The summed E-state index contributed by atoms with van der Waals surface area (Å²) >= 11 is 0. The van der Waals surface area contributed by atoms with Crippen LogP contribution in [0, 0.1) is 0 Å². The van der Waals surface area contributed by atoms with Gasteiger partial charge >= 0.3 is 6.18 Å². The summed E-state index contributed by atoms with van der Waals surface area (Å²) in [6.45, 7) is 1.81. The molecule has 19 heavy (non-hydrogen) atoms. The van der Waals surface area contributed by atoms with Crippen LogP contribution in [0.25, 0.3) is 0 Å². The van der Waals surface area contributed by atoms with E-state index in [9.17, 15) is 13.2 Å². The Labute approximate surface area is 108 Å². The molecule has 1 aromatic heterocycles. The van der Waals surface area contributed by atoms with Gasteiger partial charge in [-0.15, -0.1) is 0 Å². The van der Waals surface area contributed by atoms with Gasteiger partial charge in [-0.2, -0.15) is 13.2 Å². The molecule has 0 saturated heterocycles. The molecule has 1 aromatic rings. The number of nitrogens with one attached hydrogen (secondary N) is 1. The molecule has 0 atom stereocenters. The summed E-state index contributed by atoms with van der Waals surface area (Å²) in [5, 5.41) is 2.80. The molecule has 0 saturated carbocycles. The predicted molar refractivity (Wildman–Crippen MR) is 63.7 cm³/mol. The summed E-state index contributed by atoms with van der Waals surface area (Å²) in [5.41, 5.74) is 0.306. The molecule has 1 aliphatic heterocycles. The molecule has 0 aliphatic carbocycles. The van der Waals surface area contributed by atoms with Crippen LogP contribution in [0.3, 0.4) is 0 Å². The normalized spacial score (nSPS) is 16.1. The van der Waals surface area contributed by atoms with E-state index in [-0.39, 0.29) is 5.95 Å². The minimum absolute atomic E-state index is 0.00230. The molecule has 0 amide bonds. The van der Waals surface area contributed by atoms with Gasteiger partial charge in [0.25, 0.3) is 0 Å². The monoisotopic (exact) mass is 273 g/mol. The van der Waals surface area contributed by atoms with E-state index >= 15 is 0 Å². The highest BCUT2D eigenvalue weighted by atomic mass is 19.4. The number of halogens is 3. The van der Waals surface area contributed by atoms with E-state index in [1.165, 1.54) is 5.57 Å². The fourth-order valence-corrected chi connectivity index (χ4v) is 1.73. The highest BCUT2D eigenvalue weighted by Gasteiger charge is 2.32. The van der Waals surface area contributed by atoms with Gasteiger partial charge in [-0.05, 0) is 18.9 Å². The number of rotatable bonds is 4. The molecule has 0 spiro atoms. The Bertz CT molecular complexity index is 460. The van der Waals surface area contributed by atoms with Gasteiger partial charge in [0, 0.05) is 12.7 Å². The minimum atomic E-state index is -4.44. The number of nitrogens with zero attached hydrogens (tertiary/aromatic N) is 2. The third-order valence-electron chi connectivity index (χ3n) is 2.73. The van der Waals surface area contributed by atoms with Gasteiger partial charge < -0.3 is 10.1 Å². The second kappa shape index (κ2) is 6.01. The van der Waals surface area contributed by atoms with Crippen molar-refractivity contribution in [2.24, 2.45) is 0 Å². The van der Waals surface area contributed by atoms with Gasteiger partial charge in [0.1, 0.15) is 5.69 Å². The molecule has 0 aromatic carbocycles. The van der Waals surface area contributed by atoms with E-state index in [1.54, 1.807) is 0 Å². The first-order valence-corrected chi connectivity index (χ1v) is 5.95. The van der Waals surface area contributed by atoms with Gasteiger partial charge in [-0.1, -0.05) is 11.6 Å². The zero-order valence-corrected chi connectivity index (χ0v) is 10.2. The summed E-state index contributed by atoms with van der Waals surface area (Å²) in [4.78, 5) is 7.20. The summed E-state index contributed by atoms with van der Waals surface area (Å²) < 4.78 is 42.5. The summed E-state index contributed by atoms with van der Waals surface area (Å²) in [6, 6.07) is 0.853. The van der Waals surface area contributed by atoms with Gasteiger partial charge in [0.05, 0.1) is 13.2 Å². The Morgan fingerprint density at radius 3 is 2.89 bits per heavy atom. The van der Waals surface area contributed by atoms with Crippen molar-refractivity contribution in [3.8, 4) is 0 Å². The molecule has 0 radical (unpaired) electrons. The van der Waals surface area contributed by atoms with Crippen LogP contribution >= 0.6 is 0 Å². The molecule has 0 bridgehead atoms. The van der Waals surface area contributed by atoms with Crippen LogP contribution in [0.15, 0.2) is 23.9 Å². The molecule has 2 heterocycles. The van der Waals surface area contributed by atoms with Crippen molar-refractivity contribution in [2.75, 3.05) is 25.1 Å². The number of hydrogen-bond donors (Lipinski definition) is 1. The maximum absolute atomic E-state index is 12.4. The lowest BCUT2D eigenvalue weighted by atomic mass is 10.1. The molecule has 7 heteroatoms. The molecule has 1 aliphatic rings. The van der Waals surface area contributed by atoms with Crippen LogP contribution in [0.1, 0.15) is 18.5 Å². The smallest absolute Gasteiger partial charge is 0.377 e. The molecule has 0 unspecified atom stereocenters. The van der Waals surface area contributed by atoms with Crippen molar-refractivity contribution in [3.05, 3.63) is 29.6 Å². The molecule has 4 nitrogen and oxygen atoms in total. The number of aromatic nitrogens is 2. The van der Waals surface area contributed by atoms with Gasteiger partial charge in [0.2, 0.25) is 5.95 Å². The Morgan fingerprint density at radius 1 is 1.37 bits per heavy atom. The fourth-order valence-electron chi connectivity index (χ4n) is 1.73. The van der Waals surface area contributed by atoms with Crippen molar-refractivity contribution in [2.45, 2.75) is 19.0 Å². The van der Waals surface area contributed by atoms with Crippen LogP contribution in [0.2, 0.25) is 0 Å². The van der Waals surface area contributed by atoms with Crippen LogP contribution in [-0.2, 0) is 10.9 Å². The number of alkyl halides is 3. The van der Waals surface area contributed by atoms with E-state index < -0.39 is 11.9 Å². The lowest BCUT2D eigenvalue weighted by Gasteiger charge is -2.14. The SMILES string of the molecule is FC(F)(F)c1ccnc(NCCC2=CCOCC2)n1. The van der Waals surface area contributed by atoms with Gasteiger partial charge in [-0.3, -0.25) is 0 Å². The Kier molecular flexibility index (Phi) is 4.36. The van der Waals surface area contributed by atoms with E-state index in [2.05, 4.69) is 15.3 Å². The first-order valence-electron chi connectivity index (χ1n) is 5.95. The number of anilines is 1. The molecule has 1 N–H and O–H groups in total. The fraction of sp³-hybridized carbons (Fsp3) is 0.500. The highest BCUT2D eigenvalue weighted by molar-refractivity contribution is 5.26. The lowest BCUT2D eigenvalue weighted by Crippen LogP contribution is -2.13. The molecule has 104 valence electrons. The van der Waals surface area contributed by atoms with Crippen molar-refractivity contribution >= 4 is 5.95 Å². The van der Waals surface area contributed by atoms with Crippen molar-refractivity contribution in [1.29, 1.82) is 0 Å². The average Bonchev–Trinajstić information content (AvgIpc) is 2.39. The van der Waals surface area contributed by atoms with Crippen LogP contribution in [0.5, 0.6) is 0 Å². The second-order valence-corrected chi connectivity index (χ2v) is 4.13. The third kappa shape index (κ3) is 4.20. The molecule has 0 fully saturated rings. The van der Waals surface area contributed by atoms with Gasteiger partial charge in [0.15, 0.2) is 0 Å². The molecule has 2 rings (SSSR count). The Balaban J connectivity index is 1.87. The van der Waals surface area contributed by atoms with Crippen molar-refractivity contribution < 1.29 is 17.9 Å². The number of ether oxygens (including phenoxy) is 1. The first-order chi connectivity index (χ1) is 9.05. The second-order valence-electron chi connectivity index (χ2n) is 4.13. The summed E-state index contributed by atoms with van der Waals surface area (Å²) in [6.07, 6.45) is 0.279. The van der Waals surface area contributed by atoms with Crippen LogP contribution in [0.4, 0.5) is 19.1 Å². The van der Waals surface area contributed by atoms with Crippen molar-refractivity contribution in [1.82, 2.24) is 9.97 Å². The zero-order chi connectivity index (χ0) is 13.7. The first kappa shape index (κ1) is 13.8. The zero-order valence-electron chi connectivity index (χ0n) is 10.2. The average molecular weight is 273 g/mol. The van der Waals surface area contributed by atoms with E-state index in [0.717, 1.165) is 25.1 Å². The van der Waals surface area contributed by atoms with E-state index in [1.807, 2.05) is 6.08 Å². The predicted octanol–water partition coefficient (Wildman–Crippen LogP) is 2.64. The van der Waals surface area contributed by atoms with Crippen LogP contribution in [-0.4, -0.2) is 29.7 Å². The quantitative estimate of drug-likeness (QED) is 0.857. The highest BCUT2D eigenvalue weighted by Crippen LogP contribution is 2.27. The van der Waals surface area contributed by atoms with Crippen LogP contribution < -0.4 is 5.32 Å². The Morgan fingerprint density at radius 2 is 2.21 bits per heavy atom. The van der Waals surface area contributed by atoms with E-state index in [4.69, 9.17) is 4.74 Å². The van der Waals surface area contributed by atoms with Gasteiger partial charge in [-0.25, -0.2) is 9.97 Å². The topological polar surface area (TPSA) is 47.0 Å². The Hall–Kier alpha value is -1.63. The van der Waals surface area contributed by atoms with Crippen molar-refractivity contribution in [3.63, 3.8) is 0 Å². The summed E-state index contributed by atoms with van der Waals surface area (Å²) in [7, 11) is 0. The largest absolute Gasteiger partial charge is 0.433 e. The maximum atomic E-state index is 12.4. The summed E-state index contributed by atoms with van der Waals surface area (Å²) in [5.74, 6) is 0.00230. The number of hydrogen-bond acceptors (Lipinski definition) is 4. The lowest BCUT2D eigenvalue weighted by molar-refractivity contribution is -0.141. The van der Waals surface area contributed by atoms with E-state index in [0.29, 0.717) is 19.8 Å².